The van der Waals surface area contributed by atoms with Crippen LogP contribution in [0, 0.1) is 0 Å². The van der Waals surface area contributed by atoms with Gasteiger partial charge in [0.1, 0.15) is 15.0 Å². The van der Waals surface area contributed by atoms with Gasteiger partial charge in [-0.25, -0.2) is 18.1 Å². The molecule has 138 valence electrons. The van der Waals surface area contributed by atoms with Crippen molar-refractivity contribution in [1.29, 1.82) is 0 Å². The molecule has 1 aromatic carbocycles. The lowest BCUT2D eigenvalue weighted by Crippen LogP contribution is -2.26. The SMILES string of the molecule is CCc1csc(-c2ccc(S(=O)(=O)NC(C)c3ccc(OC)cc3)s2)n1. The van der Waals surface area contributed by atoms with Crippen molar-refractivity contribution in [2.75, 3.05) is 7.11 Å². The second-order valence-electron chi connectivity index (χ2n) is 5.73. The summed E-state index contributed by atoms with van der Waals surface area (Å²) in [7, 11) is -2.00. The zero-order valence-electron chi connectivity index (χ0n) is 14.7. The van der Waals surface area contributed by atoms with Crippen molar-refractivity contribution < 1.29 is 13.2 Å². The quantitative estimate of drug-likeness (QED) is 0.626. The third-order valence-electron chi connectivity index (χ3n) is 3.92. The molecule has 1 N–H and O–H groups in total. The molecule has 2 heterocycles. The number of thiazole rings is 1. The highest BCUT2D eigenvalue weighted by Gasteiger charge is 2.21. The molecule has 1 atom stereocenters. The summed E-state index contributed by atoms with van der Waals surface area (Å²) in [6, 6.07) is 10.4. The molecule has 3 rings (SSSR count). The standard InChI is InChI=1S/C18H20N2O3S3/c1-4-14-11-24-18(19-14)16-9-10-17(25-16)26(21,22)20-12(2)13-5-7-15(23-3)8-6-13/h5-12,20H,4H2,1-3H3. The van der Waals surface area contributed by atoms with Crippen molar-refractivity contribution in [3.8, 4) is 15.6 Å². The summed E-state index contributed by atoms with van der Waals surface area (Å²) in [6.45, 7) is 3.87. The first kappa shape index (κ1) is 19.0. The largest absolute Gasteiger partial charge is 0.497 e. The summed E-state index contributed by atoms with van der Waals surface area (Å²) < 4.78 is 33.6. The molecule has 0 aliphatic carbocycles. The topological polar surface area (TPSA) is 68.3 Å². The summed E-state index contributed by atoms with van der Waals surface area (Å²) in [6.07, 6.45) is 0.869. The van der Waals surface area contributed by atoms with Crippen molar-refractivity contribution in [2.24, 2.45) is 0 Å². The van der Waals surface area contributed by atoms with Crippen LogP contribution in [-0.4, -0.2) is 20.5 Å². The van der Waals surface area contributed by atoms with E-state index in [1.165, 1.54) is 22.7 Å². The Balaban J connectivity index is 1.77. The van der Waals surface area contributed by atoms with Gasteiger partial charge >= 0.3 is 0 Å². The number of thiophene rings is 1. The molecule has 1 unspecified atom stereocenters. The molecule has 0 radical (unpaired) electrons. The van der Waals surface area contributed by atoms with Crippen molar-refractivity contribution in [1.82, 2.24) is 9.71 Å². The Morgan fingerprint density at radius 3 is 2.54 bits per heavy atom. The first-order valence-corrected chi connectivity index (χ1v) is 11.3. The summed E-state index contributed by atoms with van der Waals surface area (Å²) in [5.74, 6) is 0.738. The summed E-state index contributed by atoms with van der Waals surface area (Å²) in [5.41, 5.74) is 1.90. The Kier molecular flexibility index (Phi) is 5.76. The molecule has 8 heteroatoms. The van der Waals surface area contributed by atoms with E-state index in [1.54, 1.807) is 13.2 Å². The number of hydrogen-bond acceptors (Lipinski definition) is 6. The van der Waals surface area contributed by atoms with E-state index in [1.807, 2.05) is 49.6 Å². The van der Waals surface area contributed by atoms with Gasteiger partial charge in [-0.3, -0.25) is 0 Å². The Bertz CT molecular complexity index is 975. The number of nitrogens with one attached hydrogen (secondary N) is 1. The number of sulfonamides is 1. The maximum Gasteiger partial charge on any atom is 0.250 e. The van der Waals surface area contributed by atoms with Crippen molar-refractivity contribution in [2.45, 2.75) is 30.5 Å². The number of nitrogens with zero attached hydrogens (tertiary/aromatic N) is 1. The molecule has 5 nitrogen and oxygen atoms in total. The Morgan fingerprint density at radius 1 is 1.19 bits per heavy atom. The van der Waals surface area contributed by atoms with Crippen molar-refractivity contribution in [3.05, 3.63) is 53.0 Å². The second kappa shape index (κ2) is 7.87. The summed E-state index contributed by atoms with van der Waals surface area (Å²) >= 11 is 2.78. The zero-order chi connectivity index (χ0) is 18.7. The van der Waals surface area contributed by atoms with E-state index in [0.29, 0.717) is 4.21 Å². The molecule has 0 fully saturated rings. The number of rotatable bonds is 7. The third-order valence-corrected chi connectivity index (χ3v) is 8.10. The summed E-state index contributed by atoms with van der Waals surface area (Å²) in [4.78, 5) is 5.39. The molecule has 2 aromatic heterocycles. The van der Waals surface area contributed by atoms with E-state index in [2.05, 4.69) is 9.71 Å². The Morgan fingerprint density at radius 2 is 1.92 bits per heavy atom. The van der Waals surface area contributed by atoms with Gasteiger partial charge in [-0.2, -0.15) is 0 Å². The van der Waals surface area contributed by atoms with E-state index in [4.69, 9.17) is 4.74 Å². The highest BCUT2D eigenvalue weighted by Crippen LogP contribution is 2.33. The minimum atomic E-state index is -3.60. The molecule has 0 amide bonds. The number of benzene rings is 1. The number of methoxy groups -OCH3 is 1. The van der Waals surface area contributed by atoms with Crippen LogP contribution in [0.3, 0.4) is 0 Å². The fourth-order valence-corrected chi connectivity index (χ4v) is 5.94. The average molecular weight is 409 g/mol. The smallest absolute Gasteiger partial charge is 0.250 e. The predicted octanol–water partition coefficient (Wildman–Crippen LogP) is 4.48. The third kappa shape index (κ3) is 4.15. The fourth-order valence-electron chi connectivity index (χ4n) is 2.41. The van der Waals surface area contributed by atoms with Gasteiger partial charge in [0.15, 0.2) is 0 Å². The van der Waals surface area contributed by atoms with Crippen LogP contribution in [0.4, 0.5) is 0 Å². The van der Waals surface area contributed by atoms with E-state index in [9.17, 15) is 8.42 Å². The number of hydrogen-bond donors (Lipinski definition) is 1. The lowest BCUT2D eigenvalue weighted by molar-refractivity contribution is 0.414. The lowest BCUT2D eigenvalue weighted by Gasteiger charge is -2.14. The van der Waals surface area contributed by atoms with Crippen LogP contribution in [0.15, 0.2) is 46.0 Å². The van der Waals surface area contributed by atoms with E-state index in [0.717, 1.165) is 33.3 Å². The van der Waals surface area contributed by atoms with Crippen LogP contribution in [0.25, 0.3) is 9.88 Å². The highest BCUT2D eigenvalue weighted by molar-refractivity contribution is 7.91. The maximum atomic E-state index is 12.7. The normalized spacial score (nSPS) is 12.9. The van der Waals surface area contributed by atoms with Gasteiger partial charge in [-0.15, -0.1) is 22.7 Å². The van der Waals surface area contributed by atoms with Crippen LogP contribution in [-0.2, 0) is 16.4 Å². The monoisotopic (exact) mass is 408 g/mol. The molecule has 26 heavy (non-hydrogen) atoms. The maximum absolute atomic E-state index is 12.7. The van der Waals surface area contributed by atoms with Gasteiger partial charge in [-0.05, 0) is 43.2 Å². The van der Waals surface area contributed by atoms with Gasteiger partial charge in [0.05, 0.1) is 17.7 Å². The Hall–Kier alpha value is -1.74. The highest BCUT2D eigenvalue weighted by atomic mass is 32.2. The van der Waals surface area contributed by atoms with Gasteiger partial charge in [0.2, 0.25) is 0 Å². The molecular weight excluding hydrogens is 388 g/mol. The first-order chi connectivity index (χ1) is 12.4. The molecule has 0 aliphatic heterocycles. The molecule has 0 saturated heterocycles. The second-order valence-corrected chi connectivity index (χ2v) is 9.62. The lowest BCUT2D eigenvalue weighted by atomic mass is 10.1. The zero-order valence-corrected chi connectivity index (χ0v) is 17.2. The minimum absolute atomic E-state index is 0.293. The molecule has 0 aliphatic rings. The predicted molar refractivity (Wildman–Crippen MR) is 107 cm³/mol. The van der Waals surface area contributed by atoms with Gasteiger partial charge < -0.3 is 4.74 Å². The number of aryl methyl sites for hydroxylation is 1. The number of ether oxygens (including phenoxy) is 1. The van der Waals surface area contributed by atoms with Crippen LogP contribution in [0.1, 0.15) is 31.1 Å². The fraction of sp³-hybridized carbons (Fsp3) is 0.278. The van der Waals surface area contributed by atoms with Crippen LogP contribution >= 0.6 is 22.7 Å². The minimum Gasteiger partial charge on any atom is -0.497 e. The van der Waals surface area contributed by atoms with E-state index >= 15 is 0 Å². The van der Waals surface area contributed by atoms with Gasteiger partial charge in [0.25, 0.3) is 10.0 Å². The first-order valence-electron chi connectivity index (χ1n) is 8.14. The van der Waals surface area contributed by atoms with Crippen molar-refractivity contribution >= 4 is 32.7 Å². The molecule has 0 spiro atoms. The molecule has 0 saturated carbocycles. The molecule has 0 bridgehead atoms. The molecule has 3 aromatic rings. The van der Waals surface area contributed by atoms with E-state index < -0.39 is 10.0 Å². The summed E-state index contributed by atoms with van der Waals surface area (Å²) in [5, 5.41) is 2.87. The molecular formula is C18H20N2O3S3. The van der Waals surface area contributed by atoms with Crippen LogP contribution in [0.5, 0.6) is 5.75 Å². The van der Waals surface area contributed by atoms with Crippen LogP contribution < -0.4 is 9.46 Å². The van der Waals surface area contributed by atoms with Crippen molar-refractivity contribution in [3.63, 3.8) is 0 Å². The average Bonchev–Trinajstić information content (AvgIpc) is 3.30. The number of aromatic nitrogens is 1. The van der Waals surface area contributed by atoms with E-state index in [-0.39, 0.29) is 6.04 Å². The van der Waals surface area contributed by atoms with Gasteiger partial charge in [0, 0.05) is 11.4 Å². The van der Waals surface area contributed by atoms with Crippen LogP contribution in [0.2, 0.25) is 0 Å². The Labute approximate surface area is 161 Å². The van der Waals surface area contributed by atoms with Gasteiger partial charge in [-0.1, -0.05) is 19.1 Å².